The summed E-state index contributed by atoms with van der Waals surface area (Å²) in [5, 5.41) is 0.00779. The van der Waals surface area contributed by atoms with Crippen LogP contribution in [0.2, 0.25) is 0 Å². The standard InChI is InChI=1S/C10H4F3N5S/c11-4-1-5(12)9(18-7(4)13)19-10-6-8(15-2-14-6)16-3-17-10/h1-3H,(H,14,15,16,17). The van der Waals surface area contributed by atoms with Gasteiger partial charge >= 0.3 is 0 Å². The second-order valence-corrected chi connectivity index (χ2v) is 4.41. The number of halogens is 3. The van der Waals surface area contributed by atoms with E-state index in [0.717, 1.165) is 11.8 Å². The van der Waals surface area contributed by atoms with Crippen LogP contribution < -0.4 is 0 Å². The molecule has 3 rings (SSSR count). The fraction of sp³-hybridized carbons (Fsp3) is 0. The Kier molecular flexibility index (Phi) is 2.82. The molecule has 0 bridgehead atoms. The van der Waals surface area contributed by atoms with E-state index in [1.54, 1.807) is 0 Å². The molecule has 0 amide bonds. The van der Waals surface area contributed by atoms with Crippen molar-refractivity contribution in [2.75, 3.05) is 0 Å². The van der Waals surface area contributed by atoms with Gasteiger partial charge in [0.05, 0.1) is 6.33 Å². The second-order valence-electron chi connectivity index (χ2n) is 3.43. The number of aromatic nitrogens is 5. The quantitative estimate of drug-likeness (QED) is 0.577. The molecule has 5 nitrogen and oxygen atoms in total. The third-order valence-electron chi connectivity index (χ3n) is 2.24. The predicted octanol–water partition coefficient (Wildman–Crippen LogP) is 2.32. The Morgan fingerprint density at radius 1 is 1.00 bits per heavy atom. The van der Waals surface area contributed by atoms with Gasteiger partial charge in [0.1, 0.15) is 21.9 Å². The van der Waals surface area contributed by atoms with E-state index in [1.807, 2.05) is 0 Å². The van der Waals surface area contributed by atoms with Crippen LogP contribution in [0, 0.1) is 17.6 Å². The van der Waals surface area contributed by atoms with Crippen LogP contribution in [0.25, 0.3) is 11.2 Å². The first-order valence-corrected chi connectivity index (χ1v) is 5.80. The summed E-state index contributed by atoms with van der Waals surface area (Å²) in [6, 6.07) is 0.440. The van der Waals surface area contributed by atoms with Gasteiger partial charge in [-0.15, -0.1) is 0 Å². The molecule has 0 aliphatic heterocycles. The molecule has 3 aromatic rings. The summed E-state index contributed by atoms with van der Waals surface area (Å²) < 4.78 is 39.3. The van der Waals surface area contributed by atoms with Crippen molar-refractivity contribution in [3.63, 3.8) is 0 Å². The van der Waals surface area contributed by atoms with Gasteiger partial charge in [0.25, 0.3) is 0 Å². The van der Waals surface area contributed by atoms with E-state index in [4.69, 9.17) is 0 Å². The minimum Gasteiger partial charge on any atom is -0.341 e. The molecule has 19 heavy (non-hydrogen) atoms. The van der Waals surface area contributed by atoms with Crippen LogP contribution in [-0.2, 0) is 0 Å². The number of nitrogens with zero attached hydrogens (tertiary/aromatic N) is 4. The Labute approximate surface area is 108 Å². The lowest BCUT2D eigenvalue weighted by Gasteiger charge is -2.02. The molecule has 1 N–H and O–H groups in total. The molecule has 0 unspecified atom stereocenters. The number of imidazole rings is 1. The number of nitrogens with one attached hydrogen (secondary N) is 1. The van der Waals surface area contributed by atoms with Gasteiger partial charge < -0.3 is 4.98 Å². The summed E-state index contributed by atoms with van der Waals surface area (Å²) in [6.07, 6.45) is 2.64. The zero-order valence-corrected chi connectivity index (χ0v) is 9.88. The number of aromatic amines is 1. The molecule has 0 spiro atoms. The van der Waals surface area contributed by atoms with Crippen LogP contribution >= 0.6 is 11.8 Å². The molecule has 0 aliphatic carbocycles. The molecular formula is C10H4F3N5S. The van der Waals surface area contributed by atoms with Gasteiger partial charge in [-0.3, -0.25) is 0 Å². The number of fused-ring (bicyclic) bond motifs is 1. The van der Waals surface area contributed by atoms with Crippen LogP contribution in [0.3, 0.4) is 0 Å². The molecule has 0 aromatic carbocycles. The number of H-pyrrole nitrogens is 1. The highest BCUT2D eigenvalue weighted by molar-refractivity contribution is 7.99. The maximum absolute atomic E-state index is 13.5. The van der Waals surface area contributed by atoms with Gasteiger partial charge in [-0.2, -0.15) is 4.39 Å². The summed E-state index contributed by atoms with van der Waals surface area (Å²) in [5.74, 6) is -3.66. The predicted molar refractivity (Wildman–Crippen MR) is 59.9 cm³/mol. The summed E-state index contributed by atoms with van der Waals surface area (Å²) in [6.45, 7) is 0. The summed E-state index contributed by atoms with van der Waals surface area (Å²) >= 11 is 0.756. The van der Waals surface area contributed by atoms with Gasteiger partial charge in [-0.05, 0) is 11.8 Å². The van der Waals surface area contributed by atoms with Crippen molar-refractivity contribution in [2.45, 2.75) is 10.1 Å². The fourth-order valence-electron chi connectivity index (χ4n) is 1.41. The molecule has 0 saturated carbocycles. The Morgan fingerprint density at radius 3 is 2.68 bits per heavy atom. The minimum atomic E-state index is -1.36. The van der Waals surface area contributed by atoms with Crippen molar-refractivity contribution in [2.24, 2.45) is 0 Å². The second kappa shape index (κ2) is 4.50. The monoisotopic (exact) mass is 283 g/mol. The third kappa shape index (κ3) is 2.12. The lowest BCUT2D eigenvalue weighted by atomic mass is 10.4. The molecule has 3 heterocycles. The summed E-state index contributed by atoms with van der Waals surface area (Å²) in [4.78, 5) is 17.7. The summed E-state index contributed by atoms with van der Waals surface area (Å²) in [7, 11) is 0. The molecule has 96 valence electrons. The lowest BCUT2D eigenvalue weighted by molar-refractivity contribution is 0.448. The van der Waals surface area contributed by atoms with Crippen molar-refractivity contribution < 1.29 is 13.2 Å². The van der Waals surface area contributed by atoms with Gasteiger partial charge in [0, 0.05) is 6.07 Å². The van der Waals surface area contributed by atoms with Crippen LogP contribution in [0.15, 0.2) is 28.8 Å². The summed E-state index contributed by atoms with van der Waals surface area (Å²) in [5.41, 5.74) is 0.860. The molecule has 9 heteroatoms. The highest BCUT2D eigenvalue weighted by Crippen LogP contribution is 2.30. The van der Waals surface area contributed by atoms with Crippen molar-refractivity contribution in [3.05, 3.63) is 36.3 Å². The SMILES string of the molecule is Fc1cc(F)c(Sc2ncnc3nc[nH]c23)nc1F. The van der Waals surface area contributed by atoms with E-state index in [0.29, 0.717) is 22.3 Å². The molecule has 0 saturated heterocycles. The smallest absolute Gasteiger partial charge is 0.250 e. The number of hydrogen-bond donors (Lipinski definition) is 1. The van der Waals surface area contributed by atoms with Crippen molar-refractivity contribution >= 4 is 22.9 Å². The molecule has 3 aromatic heterocycles. The molecule has 0 fully saturated rings. The fourth-order valence-corrected chi connectivity index (χ4v) is 2.23. The van der Waals surface area contributed by atoms with Gasteiger partial charge in [-0.25, -0.2) is 28.7 Å². The molecule has 0 radical (unpaired) electrons. The largest absolute Gasteiger partial charge is 0.341 e. The van der Waals surface area contributed by atoms with Crippen molar-refractivity contribution in [1.29, 1.82) is 0 Å². The Balaban J connectivity index is 2.06. The topological polar surface area (TPSA) is 67.3 Å². The first kappa shape index (κ1) is 11.9. The maximum atomic E-state index is 13.5. The number of hydrogen-bond acceptors (Lipinski definition) is 5. The Hall–Kier alpha value is -2.16. The van der Waals surface area contributed by atoms with Crippen LogP contribution in [0.1, 0.15) is 0 Å². The van der Waals surface area contributed by atoms with Crippen molar-refractivity contribution in [1.82, 2.24) is 24.9 Å². The molecular weight excluding hydrogens is 279 g/mol. The minimum absolute atomic E-state index is 0.312. The van der Waals surface area contributed by atoms with Gasteiger partial charge in [0.2, 0.25) is 5.95 Å². The number of rotatable bonds is 2. The normalized spacial score (nSPS) is 11.1. The zero-order valence-electron chi connectivity index (χ0n) is 9.06. The van der Waals surface area contributed by atoms with E-state index >= 15 is 0 Å². The number of pyridine rings is 1. The highest BCUT2D eigenvalue weighted by atomic mass is 32.2. The van der Waals surface area contributed by atoms with E-state index in [-0.39, 0.29) is 5.03 Å². The Bertz CT molecular complexity index is 760. The first-order valence-electron chi connectivity index (χ1n) is 4.98. The average molecular weight is 283 g/mol. The van der Waals surface area contributed by atoms with E-state index in [9.17, 15) is 13.2 Å². The van der Waals surface area contributed by atoms with Gasteiger partial charge in [-0.1, -0.05) is 0 Å². The Morgan fingerprint density at radius 2 is 1.84 bits per heavy atom. The van der Waals surface area contributed by atoms with Crippen LogP contribution in [-0.4, -0.2) is 24.9 Å². The molecule has 0 aliphatic rings. The third-order valence-corrected chi connectivity index (χ3v) is 3.22. The highest BCUT2D eigenvalue weighted by Gasteiger charge is 2.15. The first-order chi connectivity index (χ1) is 9.15. The molecule has 0 atom stereocenters. The lowest BCUT2D eigenvalue weighted by Crippen LogP contribution is -1.96. The average Bonchev–Trinajstić information content (AvgIpc) is 2.85. The maximum Gasteiger partial charge on any atom is 0.250 e. The van der Waals surface area contributed by atoms with Crippen LogP contribution in [0.5, 0.6) is 0 Å². The van der Waals surface area contributed by atoms with E-state index < -0.39 is 17.6 Å². The van der Waals surface area contributed by atoms with E-state index in [2.05, 4.69) is 24.9 Å². The van der Waals surface area contributed by atoms with Gasteiger partial charge in [0.15, 0.2) is 17.3 Å². The zero-order chi connectivity index (χ0) is 13.4. The van der Waals surface area contributed by atoms with E-state index in [1.165, 1.54) is 12.7 Å². The van der Waals surface area contributed by atoms with Crippen molar-refractivity contribution in [3.8, 4) is 0 Å². The van der Waals surface area contributed by atoms with Crippen LogP contribution in [0.4, 0.5) is 13.2 Å².